The molecule has 0 spiro atoms. The first-order valence-corrected chi connectivity index (χ1v) is 8.03. The van der Waals surface area contributed by atoms with E-state index >= 15 is 0 Å². The van der Waals surface area contributed by atoms with Crippen molar-refractivity contribution in [2.45, 2.75) is 55.7 Å². The number of halogens is 1. The standard InChI is InChI=1S/C15H22ClNS/c1-10-4-3-5-12(8-10)18-13-6-7-14(11(2)17)15(16)9-13/h6-7,9-12H,3-5,8,17H2,1-2H3. The summed E-state index contributed by atoms with van der Waals surface area (Å²) in [4.78, 5) is 1.28. The molecule has 1 aliphatic carbocycles. The number of hydrogen-bond donors (Lipinski definition) is 1. The SMILES string of the molecule is CC1CCCC(Sc2ccc(C(C)N)c(Cl)c2)C1. The van der Waals surface area contributed by atoms with Gasteiger partial charge in [-0.25, -0.2) is 0 Å². The molecule has 100 valence electrons. The third-order valence-electron chi connectivity index (χ3n) is 3.65. The molecule has 18 heavy (non-hydrogen) atoms. The number of hydrogen-bond acceptors (Lipinski definition) is 2. The van der Waals surface area contributed by atoms with Gasteiger partial charge in [-0.2, -0.15) is 0 Å². The lowest BCUT2D eigenvalue weighted by atomic mass is 9.91. The van der Waals surface area contributed by atoms with E-state index in [0.29, 0.717) is 0 Å². The number of nitrogens with two attached hydrogens (primary N) is 1. The van der Waals surface area contributed by atoms with Crippen LogP contribution >= 0.6 is 23.4 Å². The van der Waals surface area contributed by atoms with Crippen LogP contribution in [0, 0.1) is 5.92 Å². The van der Waals surface area contributed by atoms with Gasteiger partial charge >= 0.3 is 0 Å². The molecule has 2 rings (SSSR count). The van der Waals surface area contributed by atoms with Crippen LogP contribution in [0.4, 0.5) is 0 Å². The highest BCUT2D eigenvalue weighted by atomic mass is 35.5. The summed E-state index contributed by atoms with van der Waals surface area (Å²) in [6.07, 6.45) is 5.42. The lowest BCUT2D eigenvalue weighted by Crippen LogP contribution is -2.14. The highest BCUT2D eigenvalue weighted by Crippen LogP contribution is 2.37. The third-order valence-corrected chi connectivity index (χ3v) is 5.27. The largest absolute Gasteiger partial charge is 0.324 e. The zero-order valence-electron chi connectivity index (χ0n) is 11.2. The van der Waals surface area contributed by atoms with Gasteiger partial charge in [-0.3, -0.25) is 0 Å². The second-order valence-corrected chi connectivity index (χ2v) is 7.26. The van der Waals surface area contributed by atoms with Crippen LogP contribution < -0.4 is 5.73 Å². The molecule has 3 unspecified atom stereocenters. The van der Waals surface area contributed by atoms with E-state index in [1.54, 1.807) is 0 Å². The molecule has 1 aromatic carbocycles. The van der Waals surface area contributed by atoms with Crippen molar-refractivity contribution < 1.29 is 0 Å². The maximum Gasteiger partial charge on any atom is 0.0464 e. The maximum atomic E-state index is 6.28. The van der Waals surface area contributed by atoms with Crippen molar-refractivity contribution in [3.8, 4) is 0 Å². The van der Waals surface area contributed by atoms with E-state index in [-0.39, 0.29) is 6.04 Å². The van der Waals surface area contributed by atoms with Crippen LogP contribution in [-0.4, -0.2) is 5.25 Å². The highest BCUT2D eigenvalue weighted by molar-refractivity contribution is 8.00. The van der Waals surface area contributed by atoms with E-state index in [0.717, 1.165) is 21.8 Å². The summed E-state index contributed by atoms with van der Waals surface area (Å²) in [5.74, 6) is 0.870. The molecule has 0 amide bonds. The van der Waals surface area contributed by atoms with Gasteiger partial charge in [0, 0.05) is 21.2 Å². The van der Waals surface area contributed by atoms with Crippen molar-refractivity contribution in [3.63, 3.8) is 0 Å². The Morgan fingerprint density at radius 1 is 1.39 bits per heavy atom. The Morgan fingerprint density at radius 3 is 2.78 bits per heavy atom. The van der Waals surface area contributed by atoms with Crippen LogP contribution in [0.5, 0.6) is 0 Å². The fourth-order valence-electron chi connectivity index (χ4n) is 2.63. The molecule has 1 aromatic rings. The van der Waals surface area contributed by atoms with Crippen molar-refractivity contribution in [2.24, 2.45) is 11.7 Å². The smallest absolute Gasteiger partial charge is 0.0464 e. The van der Waals surface area contributed by atoms with Gasteiger partial charge in [0.2, 0.25) is 0 Å². The molecular weight excluding hydrogens is 262 g/mol. The van der Waals surface area contributed by atoms with E-state index in [9.17, 15) is 0 Å². The number of rotatable bonds is 3. The Bertz CT molecular complexity index is 405. The first-order chi connectivity index (χ1) is 8.56. The minimum atomic E-state index is 0.00579. The fraction of sp³-hybridized carbons (Fsp3) is 0.600. The van der Waals surface area contributed by atoms with Gasteiger partial charge in [-0.15, -0.1) is 11.8 Å². The van der Waals surface area contributed by atoms with Crippen molar-refractivity contribution in [1.82, 2.24) is 0 Å². The molecule has 0 heterocycles. The summed E-state index contributed by atoms with van der Waals surface area (Å²) < 4.78 is 0. The molecule has 1 fully saturated rings. The van der Waals surface area contributed by atoms with E-state index in [1.165, 1.54) is 30.6 Å². The molecule has 1 saturated carbocycles. The Balaban J connectivity index is 2.03. The average molecular weight is 284 g/mol. The molecule has 0 bridgehead atoms. The summed E-state index contributed by atoms with van der Waals surface area (Å²) in [7, 11) is 0. The Kier molecular flexibility index (Phi) is 4.99. The van der Waals surface area contributed by atoms with Crippen LogP contribution in [0.2, 0.25) is 5.02 Å². The third kappa shape index (κ3) is 3.66. The fourth-order valence-corrected chi connectivity index (χ4v) is 4.47. The average Bonchev–Trinajstić information content (AvgIpc) is 2.28. The number of thioether (sulfide) groups is 1. The van der Waals surface area contributed by atoms with E-state index in [1.807, 2.05) is 18.7 Å². The zero-order valence-corrected chi connectivity index (χ0v) is 12.7. The first-order valence-electron chi connectivity index (χ1n) is 6.78. The molecule has 3 heteroatoms. The first kappa shape index (κ1) is 14.2. The Morgan fingerprint density at radius 2 is 2.17 bits per heavy atom. The molecule has 3 atom stereocenters. The molecular formula is C15H22ClNS. The van der Waals surface area contributed by atoms with Gasteiger partial charge in [0.05, 0.1) is 0 Å². The maximum absolute atomic E-state index is 6.28. The molecule has 0 aromatic heterocycles. The molecule has 2 N–H and O–H groups in total. The van der Waals surface area contributed by atoms with Crippen LogP contribution in [0.1, 0.15) is 51.1 Å². The van der Waals surface area contributed by atoms with Gasteiger partial charge in [0.25, 0.3) is 0 Å². The van der Waals surface area contributed by atoms with Crippen molar-refractivity contribution >= 4 is 23.4 Å². The van der Waals surface area contributed by atoms with Crippen LogP contribution in [0.15, 0.2) is 23.1 Å². The van der Waals surface area contributed by atoms with Crippen molar-refractivity contribution in [1.29, 1.82) is 0 Å². The molecule has 1 nitrogen and oxygen atoms in total. The van der Waals surface area contributed by atoms with Gasteiger partial charge < -0.3 is 5.73 Å². The van der Waals surface area contributed by atoms with Gasteiger partial charge in [0.15, 0.2) is 0 Å². The molecule has 0 aliphatic heterocycles. The summed E-state index contributed by atoms with van der Waals surface area (Å²) in [6.45, 7) is 4.33. The molecule has 0 saturated heterocycles. The number of benzene rings is 1. The van der Waals surface area contributed by atoms with Crippen molar-refractivity contribution in [3.05, 3.63) is 28.8 Å². The second-order valence-electron chi connectivity index (χ2n) is 5.48. The molecule has 0 radical (unpaired) electrons. The monoisotopic (exact) mass is 283 g/mol. The van der Waals surface area contributed by atoms with Gasteiger partial charge in [-0.05, 0) is 43.4 Å². The van der Waals surface area contributed by atoms with Crippen LogP contribution in [0.3, 0.4) is 0 Å². The quantitative estimate of drug-likeness (QED) is 0.842. The summed E-state index contributed by atoms with van der Waals surface area (Å²) in [5.41, 5.74) is 6.92. The second kappa shape index (κ2) is 6.31. The lowest BCUT2D eigenvalue weighted by Gasteiger charge is -2.26. The van der Waals surface area contributed by atoms with E-state index in [4.69, 9.17) is 17.3 Å². The minimum absolute atomic E-state index is 0.00579. The predicted molar refractivity (Wildman–Crippen MR) is 81.3 cm³/mol. The predicted octanol–water partition coefficient (Wildman–Crippen LogP) is 5.03. The summed E-state index contributed by atoms with van der Waals surface area (Å²) in [6, 6.07) is 6.31. The van der Waals surface area contributed by atoms with Crippen LogP contribution in [0.25, 0.3) is 0 Å². The zero-order chi connectivity index (χ0) is 13.1. The topological polar surface area (TPSA) is 26.0 Å². The minimum Gasteiger partial charge on any atom is -0.324 e. The van der Waals surface area contributed by atoms with Gasteiger partial charge in [-0.1, -0.05) is 37.4 Å². The molecule has 1 aliphatic rings. The van der Waals surface area contributed by atoms with Crippen LogP contribution in [-0.2, 0) is 0 Å². The Hall–Kier alpha value is -0.180. The van der Waals surface area contributed by atoms with E-state index < -0.39 is 0 Å². The normalized spacial score (nSPS) is 26.0. The highest BCUT2D eigenvalue weighted by Gasteiger charge is 2.20. The van der Waals surface area contributed by atoms with E-state index in [2.05, 4.69) is 25.1 Å². The summed E-state index contributed by atoms with van der Waals surface area (Å²) in [5, 5.41) is 1.56. The lowest BCUT2D eigenvalue weighted by molar-refractivity contribution is 0.394. The van der Waals surface area contributed by atoms with Gasteiger partial charge in [0.1, 0.15) is 0 Å². The Labute approximate surface area is 119 Å². The van der Waals surface area contributed by atoms with Crippen molar-refractivity contribution in [2.75, 3.05) is 0 Å². The summed E-state index contributed by atoms with van der Waals surface area (Å²) >= 11 is 8.26.